The molecule has 3 nitrogen and oxygen atoms in total. The van der Waals surface area contributed by atoms with Gasteiger partial charge in [-0.2, -0.15) is 0 Å². The topological polar surface area (TPSA) is 64.4 Å². The Kier molecular flexibility index (Phi) is 4.35. The van der Waals surface area contributed by atoms with Crippen molar-refractivity contribution in [1.82, 2.24) is 0 Å². The molecule has 0 fully saturated rings. The molecule has 0 radical (unpaired) electrons. The van der Waals surface area contributed by atoms with Crippen molar-refractivity contribution in [2.24, 2.45) is 16.5 Å². The molecule has 1 aromatic rings. The number of aliphatic imine (C=N–C) groups is 1. The van der Waals surface area contributed by atoms with E-state index in [2.05, 4.69) is 11.6 Å². The first kappa shape index (κ1) is 13.3. The summed E-state index contributed by atoms with van der Waals surface area (Å²) >= 11 is 6.12. The van der Waals surface area contributed by atoms with Crippen LogP contribution >= 0.6 is 11.6 Å². The second kappa shape index (κ2) is 5.55. The summed E-state index contributed by atoms with van der Waals surface area (Å²) in [5.74, 6) is 0.313. The average Bonchev–Trinajstić information content (AvgIpc) is 2.30. The molecule has 0 amide bonds. The van der Waals surface area contributed by atoms with Gasteiger partial charge in [-0.25, -0.2) is 4.99 Å². The Hall–Kier alpha value is -1.74. The molecule has 0 aliphatic rings. The van der Waals surface area contributed by atoms with Crippen LogP contribution in [-0.2, 0) is 0 Å². The predicted octanol–water partition coefficient (Wildman–Crippen LogP) is 2.76. The molecule has 0 bridgehead atoms. The number of rotatable bonds is 3. The fourth-order valence-corrected chi connectivity index (χ4v) is 1.60. The third kappa shape index (κ3) is 3.36. The van der Waals surface area contributed by atoms with Crippen LogP contribution in [0, 0.1) is 13.8 Å². The van der Waals surface area contributed by atoms with Gasteiger partial charge >= 0.3 is 0 Å². The monoisotopic (exact) mass is 249 g/mol. The van der Waals surface area contributed by atoms with Crippen molar-refractivity contribution in [3.05, 3.63) is 52.7 Å². The molecule has 4 heteroatoms. The first-order valence-corrected chi connectivity index (χ1v) is 5.52. The van der Waals surface area contributed by atoms with Gasteiger partial charge in [-0.15, -0.1) is 0 Å². The highest BCUT2D eigenvalue weighted by atomic mass is 35.5. The molecule has 1 rings (SSSR count). The average molecular weight is 250 g/mol. The first-order valence-electron chi connectivity index (χ1n) is 5.14. The lowest BCUT2D eigenvalue weighted by Crippen LogP contribution is -2.06. The van der Waals surface area contributed by atoms with E-state index in [0.29, 0.717) is 16.6 Å². The van der Waals surface area contributed by atoms with Gasteiger partial charge in [0.25, 0.3) is 0 Å². The van der Waals surface area contributed by atoms with E-state index in [-0.39, 0.29) is 0 Å². The quantitative estimate of drug-likeness (QED) is 0.639. The Bertz CT molecular complexity index is 502. The van der Waals surface area contributed by atoms with Crippen molar-refractivity contribution in [3.63, 3.8) is 0 Å². The molecule has 0 saturated heterocycles. The number of nitrogens with two attached hydrogens (primary N) is 2. The Morgan fingerprint density at radius 1 is 1.29 bits per heavy atom. The van der Waals surface area contributed by atoms with Crippen molar-refractivity contribution in [3.8, 4) is 0 Å². The fraction of sp³-hybridized carbons (Fsp3) is 0.154. The summed E-state index contributed by atoms with van der Waals surface area (Å²) in [6, 6.07) is 3.82. The number of hydrogen-bond donors (Lipinski definition) is 2. The molecular weight excluding hydrogens is 234 g/mol. The molecule has 0 unspecified atom stereocenters. The van der Waals surface area contributed by atoms with Crippen molar-refractivity contribution in [1.29, 1.82) is 0 Å². The van der Waals surface area contributed by atoms with E-state index in [1.54, 1.807) is 0 Å². The summed E-state index contributed by atoms with van der Waals surface area (Å²) in [6.45, 7) is 7.51. The van der Waals surface area contributed by atoms with Crippen LogP contribution in [0.3, 0.4) is 0 Å². The molecule has 0 spiro atoms. The zero-order valence-electron chi connectivity index (χ0n) is 10.00. The molecule has 17 heavy (non-hydrogen) atoms. The van der Waals surface area contributed by atoms with Crippen molar-refractivity contribution in [2.45, 2.75) is 13.8 Å². The normalized spacial score (nSPS) is 12.6. The summed E-state index contributed by atoms with van der Waals surface area (Å²) in [5.41, 5.74) is 14.9. The maximum Gasteiger partial charge on any atom is 0.122 e. The Balaban J connectivity index is 3.17. The Morgan fingerprint density at radius 3 is 2.47 bits per heavy atom. The summed E-state index contributed by atoms with van der Waals surface area (Å²) in [7, 11) is 0. The number of benzene rings is 1. The fourth-order valence-electron chi connectivity index (χ4n) is 1.27. The van der Waals surface area contributed by atoms with Gasteiger partial charge < -0.3 is 11.5 Å². The highest BCUT2D eigenvalue weighted by Crippen LogP contribution is 2.24. The molecule has 4 N–H and O–H groups in total. The van der Waals surface area contributed by atoms with Gasteiger partial charge in [-0.3, -0.25) is 0 Å². The van der Waals surface area contributed by atoms with Gasteiger partial charge in [0.1, 0.15) is 5.84 Å². The van der Waals surface area contributed by atoms with Crippen molar-refractivity contribution in [2.75, 3.05) is 0 Å². The first-order chi connectivity index (χ1) is 7.95. The van der Waals surface area contributed by atoms with E-state index in [1.807, 2.05) is 26.0 Å². The van der Waals surface area contributed by atoms with Gasteiger partial charge in [0, 0.05) is 5.56 Å². The summed E-state index contributed by atoms with van der Waals surface area (Å²) < 4.78 is 0. The Morgan fingerprint density at radius 2 is 1.88 bits per heavy atom. The van der Waals surface area contributed by atoms with Crippen LogP contribution in [0.1, 0.15) is 16.7 Å². The number of aryl methyl sites for hydroxylation is 2. The lowest BCUT2D eigenvalue weighted by Gasteiger charge is -2.08. The minimum absolute atomic E-state index is 0.313. The van der Waals surface area contributed by atoms with Gasteiger partial charge in [0.2, 0.25) is 0 Å². The summed E-state index contributed by atoms with van der Waals surface area (Å²) in [5, 5.41) is 0.606. The van der Waals surface area contributed by atoms with Crippen LogP contribution in [0.15, 0.2) is 36.0 Å². The van der Waals surface area contributed by atoms with Crippen LogP contribution in [0.5, 0.6) is 0 Å². The molecule has 0 atom stereocenters. The lowest BCUT2D eigenvalue weighted by atomic mass is 10.0. The number of halogens is 1. The zero-order chi connectivity index (χ0) is 13.0. The van der Waals surface area contributed by atoms with Crippen molar-refractivity contribution >= 4 is 23.1 Å². The largest absolute Gasteiger partial charge is 0.397 e. The van der Waals surface area contributed by atoms with Crippen LogP contribution in [-0.4, -0.2) is 5.84 Å². The Labute approximate surface area is 106 Å². The maximum atomic E-state index is 6.12. The van der Waals surface area contributed by atoms with Crippen LogP contribution in [0.2, 0.25) is 5.02 Å². The maximum absolute atomic E-state index is 6.12. The van der Waals surface area contributed by atoms with Crippen molar-refractivity contribution < 1.29 is 0 Å². The molecule has 1 aromatic carbocycles. The van der Waals surface area contributed by atoms with E-state index in [1.165, 1.54) is 12.3 Å². The highest BCUT2D eigenvalue weighted by Gasteiger charge is 2.05. The zero-order valence-corrected chi connectivity index (χ0v) is 10.8. The third-order valence-electron chi connectivity index (χ3n) is 2.46. The predicted molar refractivity (Wildman–Crippen MR) is 74.9 cm³/mol. The molecule has 0 aliphatic carbocycles. The molecule has 0 saturated carbocycles. The minimum atomic E-state index is 0.313. The lowest BCUT2D eigenvalue weighted by molar-refractivity contribution is 1.32. The second-order valence-electron chi connectivity index (χ2n) is 3.76. The van der Waals surface area contributed by atoms with Crippen LogP contribution in [0.25, 0.3) is 5.70 Å². The molecule has 0 heterocycles. The molecular formula is C13H16ClN3. The SMILES string of the molecule is C=C/C(N)=N\C=C(/N)c1cc(C)c(C)cc1Cl. The van der Waals surface area contributed by atoms with Gasteiger partial charge in [-0.1, -0.05) is 18.2 Å². The smallest absolute Gasteiger partial charge is 0.122 e. The van der Waals surface area contributed by atoms with E-state index < -0.39 is 0 Å². The second-order valence-corrected chi connectivity index (χ2v) is 4.17. The van der Waals surface area contributed by atoms with E-state index in [0.717, 1.165) is 16.7 Å². The number of nitrogens with zero attached hydrogens (tertiary/aromatic N) is 1. The van der Waals surface area contributed by atoms with E-state index >= 15 is 0 Å². The number of amidine groups is 1. The van der Waals surface area contributed by atoms with Crippen LogP contribution in [0.4, 0.5) is 0 Å². The number of hydrogen-bond acceptors (Lipinski definition) is 2. The molecule has 0 aromatic heterocycles. The molecule has 90 valence electrons. The molecule has 0 aliphatic heterocycles. The van der Waals surface area contributed by atoms with Gasteiger partial charge in [-0.05, 0) is 43.2 Å². The van der Waals surface area contributed by atoms with Gasteiger partial charge in [0.15, 0.2) is 0 Å². The van der Waals surface area contributed by atoms with Gasteiger partial charge in [0.05, 0.1) is 16.9 Å². The van der Waals surface area contributed by atoms with Crippen LogP contribution < -0.4 is 11.5 Å². The summed E-state index contributed by atoms with van der Waals surface area (Å²) in [4.78, 5) is 3.94. The van der Waals surface area contributed by atoms with E-state index in [9.17, 15) is 0 Å². The summed E-state index contributed by atoms with van der Waals surface area (Å²) in [6.07, 6.45) is 2.93. The van der Waals surface area contributed by atoms with E-state index in [4.69, 9.17) is 23.1 Å². The standard InChI is InChI=1S/C13H16ClN3/c1-4-13(16)17-7-12(15)10-5-8(2)9(3)6-11(10)14/h4-7H,1,15H2,2-3H3,(H2,16,17)/b12-7-. The third-order valence-corrected chi connectivity index (χ3v) is 2.77. The highest BCUT2D eigenvalue weighted by molar-refractivity contribution is 6.32. The minimum Gasteiger partial charge on any atom is -0.397 e.